The van der Waals surface area contributed by atoms with Crippen molar-refractivity contribution in [1.82, 2.24) is 0 Å². The van der Waals surface area contributed by atoms with Gasteiger partial charge in [-0.15, -0.1) is 0 Å². The molecule has 0 amide bonds. The Labute approximate surface area is 691 Å². The van der Waals surface area contributed by atoms with Crippen LogP contribution in [0.3, 0.4) is 0 Å². The van der Waals surface area contributed by atoms with Crippen LogP contribution in [0.25, 0.3) is 16.9 Å². The van der Waals surface area contributed by atoms with E-state index in [1.807, 2.05) is 0 Å². The first-order valence-corrected chi connectivity index (χ1v) is 49.6. The molecule has 3 rings (SSSR count). The van der Waals surface area contributed by atoms with E-state index in [0.29, 0.717) is 0 Å². The van der Waals surface area contributed by atoms with E-state index in [0.717, 1.165) is 49.9 Å². The van der Waals surface area contributed by atoms with Crippen molar-refractivity contribution < 1.29 is 21.2 Å². The second-order valence-corrected chi connectivity index (χ2v) is 34.5. The van der Waals surface area contributed by atoms with Crippen molar-refractivity contribution in [2.45, 2.75) is 563 Å². The molecule has 0 spiro atoms. The molecule has 0 aliphatic carbocycles. The summed E-state index contributed by atoms with van der Waals surface area (Å²) in [5.74, 6) is 0. The number of rotatable bonds is 78. The molecule has 0 unspecified atom stereocenters. The predicted octanol–water partition coefficient (Wildman–Crippen LogP) is 37.6. The molecule has 2 aromatic carbocycles. The van der Waals surface area contributed by atoms with E-state index in [1.54, 1.807) is 15.8 Å². The zero-order chi connectivity index (χ0) is 77.6. The first-order chi connectivity index (χ1) is 52.8. The summed E-state index contributed by atoms with van der Waals surface area (Å²) in [5, 5.41) is 0. The van der Waals surface area contributed by atoms with Crippen LogP contribution in [0.15, 0.2) is 35.9 Å². The minimum Gasteiger partial charge on any atom is -0.493 e. The Bertz CT molecular complexity index is 2120. The van der Waals surface area contributed by atoms with Gasteiger partial charge in [0.25, 0.3) is 0 Å². The van der Waals surface area contributed by atoms with E-state index in [-0.39, 0.29) is 16.5 Å². The molecule has 1 heterocycles. The van der Waals surface area contributed by atoms with Crippen LogP contribution in [0, 0.1) is 13.8 Å². The van der Waals surface area contributed by atoms with Crippen molar-refractivity contribution in [3.63, 3.8) is 0 Å². The molecule has 0 aromatic heterocycles. The molecule has 0 bridgehead atoms. The van der Waals surface area contributed by atoms with Gasteiger partial charge < -0.3 is 19.4 Å². The molecule has 0 saturated carbocycles. The fraction of sp³-hybridized carbons (Fsp3) is 0.829. The van der Waals surface area contributed by atoms with Gasteiger partial charge in [-0.25, -0.2) is 4.70 Å². The number of allylic oxidation sites excluding steroid dienone is 2. The van der Waals surface area contributed by atoms with Gasteiger partial charge in [-0.05, 0) is 142 Å². The molecule has 0 N–H and O–H groups in total. The van der Waals surface area contributed by atoms with Crippen LogP contribution >= 0.6 is 0 Å². The third-order valence-electron chi connectivity index (χ3n) is 24.1. The quantitative estimate of drug-likeness (QED) is 0.0273. The monoisotopic (exact) mass is 1540 g/mol. The Hall–Kier alpha value is -1.99. The molecule has 1 aliphatic heterocycles. The first kappa shape index (κ1) is 106. The number of unbranched alkanes of at least 4 members (excludes halogenated alkanes) is 64. The van der Waals surface area contributed by atoms with Gasteiger partial charge in [-0.1, -0.05) is 466 Å². The summed E-state index contributed by atoms with van der Waals surface area (Å²) >= 11 is 0. The van der Waals surface area contributed by atoms with Crippen LogP contribution in [0.5, 0.6) is 0 Å². The summed E-state index contributed by atoms with van der Waals surface area (Å²) in [6, 6.07) is 9.82. The molecule has 3 heteroatoms. The fourth-order valence-electron chi connectivity index (χ4n) is 16.9. The maximum absolute atomic E-state index is 12.1. The van der Waals surface area contributed by atoms with Crippen LogP contribution < -0.4 is 0 Å². The zero-order valence-electron chi connectivity index (χ0n) is 75.2. The number of hydrogen-bond acceptors (Lipinski definition) is 0. The van der Waals surface area contributed by atoms with Gasteiger partial charge in [0.15, 0.2) is 0 Å². The Morgan fingerprint density at radius 3 is 0.602 bits per heavy atom. The number of hydrogen-bond donors (Lipinski definition) is 0. The molecular weight excluding hydrogens is 1350 g/mol. The van der Waals surface area contributed by atoms with Crippen molar-refractivity contribution in [2.24, 2.45) is 0 Å². The zero-order valence-corrected chi connectivity index (χ0v) is 76.2. The minimum atomic E-state index is 0. The fourth-order valence-corrected chi connectivity index (χ4v) is 16.9. The molecule has 0 atom stereocenters. The summed E-state index contributed by atoms with van der Waals surface area (Å²) in [4.78, 5) is 0. The molecular formula is C105H192N2Ni. The van der Waals surface area contributed by atoms with E-state index in [4.69, 9.17) is 0 Å². The molecule has 2 aromatic rings. The van der Waals surface area contributed by atoms with Gasteiger partial charge in [0.1, 0.15) is 0 Å². The van der Waals surface area contributed by atoms with Crippen molar-refractivity contribution in [3.8, 4) is 0 Å². The van der Waals surface area contributed by atoms with Crippen LogP contribution in [0.4, 0.5) is 0 Å². The van der Waals surface area contributed by atoms with Crippen LogP contribution in [-0.2, 0) is 55.0 Å². The van der Waals surface area contributed by atoms with Crippen molar-refractivity contribution in [3.05, 3.63) is 99.8 Å². The largest absolute Gasteiger partial charge is 2.00 e. The van der Waals surface area contributed by atoms with Crippen LogP contribution in [-0.4, -0.2) is 4.70 Å². The number of aryl methyl sites for hydroxylation is 4. The molecule has 2 nitrogen and oxygen atoms in total. The summed E-state index contributed by atoms with van der Waals surface area (Å²) in [5.41, 5.74) is 26.9. The average molecular weight is 1540 g/mol. The topological polar surface area (TPSA) is 25.3 Å². The summed E-state index contributed by atoms with van der Waals surface area (Å²) < 4.78 is 1.56. The normalized spacial score (nSPS) is 12.1. The van der Waals surface area contributed by atoms with E-state index < -0.39 is 0 Å². The van der Waals surface area contributed by atoms with Crippen LogP contribution in [0.2, 0.25) is 0 Å². The summed E-state index contributed by atoms with van der Waals surface area (Å²) in [6.45, 7) is 28.5. The van der Waals surface area contributed by atoms with Crippen molar-refractivity contribution in [2.75, 3.05) is 0 Å². The number of nitrogens with zero attached hydrogens (tertiary/aromatic N) is 2. The Morgan fingerprint density at radius 1 is 0.231 bits per heavy atom. The average Bonchev–Trinajstić information content (AvgIpc) is 1.62. The maximum atomic E-state index is 12.1. The molecule has 632 valence electrons. The van der Waals surface area contributed by atoms with E-state index in [1.165, 1.54) is 501 Å². The molecule has 1 aliphatic rings. The smallest absolute Gasteiger partial charge is 0.493 e. The Kier molecular flexibility index (Phi) is 81.4. The maximum Gasteiger partial charge on any atom is 2.00 e. The molecule has 0 saturated heterocycles. The van der Waals surface area contributed by atoms with Gasteiger partial charge in [0, 0.05) is 22.8 Å². The standard InChI is InChI=1S/C49H78N2.2C28H57.Ni/c1-8-14-20-22-24-26-32-46-40(28-16-10-3)35-44(36-41(46)29-17-11-4)48-34-39(7)49(51(48)50)45-37-42(30-18-12-5)47(43(38-45)31-19-13-6)33-27-25-23-21-15-9-2;2*1-3-5-7-9-11-13-15-17-19-21-23-25-27-28-26-24-22-20-18-16-14-12-10-8-6-4-2;/h34-38H,8-33H2,1-7H3;2*1,3-28H2,2H3;/q;2*-1;+2. The summed E-state index contributed by atoms with van der Waals surface area (Å²) in [7, 11) is 0. The third-order valence-corrected chi connectivity index (χ3v) is 24.1. The van der Waals surface area contributed by atoms with Gasteiger partial charge >= 0.3 is 16.5 Å². The molecule has 0 fully saturated rings. The van der Waals surface area contributed by atoms with Gasteiger partial charge in [-0.3, -0.25) is 0 Å². The Balaban J connectivity index is 0.00000172. The van der Waals surface area contributed by atoms with Crippen molar-refractivity contribution >= 4 is 11.4 Å². The van der Waals surface area contributed by atoms with Crippen LogP contribution in [0.1, 0.15) is 569 Å². The number of benzene rings is 2. The van der Waals surface area contributed by atoms with Gasteiger partial charge in [0.05, 0.1) is 0 Å². The van der Waals surface area contributed by atoms with E-state index in [9.17, 15) is 5.53 Å². The van der Waals surface area contributed by atoms with Crippen molar-refractivity contribution in [1.29, 1.82) is 0 Å². The third kappa shape index (κ3) is 59.7. The predicted molar refractivity (Wildman–Crippen MR) is 488 cm³/mol. The molecule has 108 heavy (non-hydrogen) atoms. The Morgan fingerprint density at radius 2 is 0.407 bits per heavy atom. The van der Waals surface area contributed by atoms with Gasteiger partial charge in [0.2, 0.25) is 11.4 Å². The first-order valence-electron chi connectivity index (χ1n) is 49.6. The van der Waals surface area contributed by atoms with E-state index >= 15 is 0 Å². The minimum absolute atomic E-state index is 0. The second kappa shape index (κ2) is 83.0. The molecule has 0 radical (unpaired) electrons. The van der Waals surface area contributed by atoms with E-state index in [2.05, 4.69) is 107 Å². The SMILES string of the molecule is CCCCCCCCc1c(CCCC)cc(C2=CC(C)=C(c3cc(CCCC)c(CCCCCCCC)c(CCCC)c3)[N+]2=[N-])cc1CCCC.[CH2-]CCCCCCCCCCCCCCCCCCCCCCCCCCC.[CH2-]CCCCCCCCCCCCCCCCCCCCCCCCCCC.[Ni+2]. The second-order valence-electron chi connectivity index (χ2n) is 34.5. The van der Waals surface area contributed by atoms with Gasteiger partial charge in [-0.2, -0.15) is 12.8 Å². The summed E-state index contributed by atoms with van der Waals surface area (Å²) in [6.07, 6.45) is 111.